The first-order valence-corrected chi connectivity index (χ1v) is 8.89. The van der Waals surface area contributed by atoms with Gasteiger partial charge in [0.15, 0.2) is 0 Å². The van der Waals surface area contributed by atoms with Gasteiger partial charge in [-0.25, -0.2) is 4.79 Å². The molecule has 0 aromatic heterocycles. The second kappa shape index (κ2) is 6.79. The minimum Gasteiger partial charge on any atom is -0.460 e. The molecular formula is C13H14Cl3N3O4S. The predicted molar refractivity (Wildman–Crippen MR) is 89.5 cm³/mol. The zero-order valence-corrected chi connectivity index (χ0v) is 15.8. The van der Waals surface area contributed by atoms with E-state index in [-0.39, 0.29) is 6.42 Å². The number of rotatable bonds is 4. The van der Waals surface area contributed by atoms with Crippen LogP contribution in [0.25, 0.3) is 0 Å². The number of carbonyl (C=O) groups excluding carboxylic acids is 3. The molecule has 2 aliphatic heterocycles. The number of β-lactam (4-membered cyclic amide) rings is 1. The number of ether oxygens (including phenoxy) is 1. The monoisotopic (exact) mass is 413 g/mol. The molecule has 132 valence electrons. The Labute approximate surface area is 157 Å². The summed E-state index contributed by atoms with van der Waals surface area (Å²) in [7, 11) is 0. The standard InChI is InChI=1S/C13H14Cl3N3O4S/c1-12(2)8(11(22)23-5-13(14,15)16)19-9(21)7(10(19)24-12)18-6(20)3-4-17/h7-8,10H,3,5H2,1-2H3,(H,18,20). The molecule has 0 spiro atoms. The molecule has 3 atom stereocenters. The molecule has 7 nitrogen and oxygen atoms in total. The molecule has 0 aromatic carbocycles. The van der Waals surface area contributed by atoms with Gasteiger partial charge in [0.25, 0.3) is 0 Å². The number of amides is 2. The normalized spacial score (nSPS) is 27.8. The number of halogens is 3. The van der Waals surface area contributed by atoms with Gasteiger partial charge in [-0.3, -0.25) is 9.59 Å². The number of nitrogens with zero attached hydrogens (tertiary/aromatic N) is 2. The van der Waals surface area contributed by atoms with Crippen LogP contribution in [0.1, 0.15) is 20.3 Å². The van der Waals surface area contributed by atoms with E-state index in [2.05, 4.69) is 5.32 Å². The van der Waals surface area contributed by atoms with Gasteiger partial charge < -0.3 is 15.0 Å². The lowest BCUT2D eigenvalue weighted by molar-refractivity contribution is -0.164. The molecule has 2 amide bonds. The van der Waals surface area contributed by atoms with Gasteiger partial charge >= 0.3 is 5.97 Å². The Morgan fingerprint density at radius 3 is 2.62 bits per heavy atom. The van der Waals surface area contributed by atoms with Crippen molar-refractivity contribution in [3.05, 3.63) is 0 Å². The lowest BCUT2D eigenvalue weighted by Gasteiger charge is -2.43. The lowest BCUT2D eigenvalue weighted by atomic mass is 9.96. The van der Waals surface area contributed by atoms with Crippen LogP contribution in [0.15, 0.2) is 0 Å². The van der Waals surface area contributed by atoms with Crippen LogP contribution in [0.3, 0.4) is 0 Å². The van der Waals surface area contributed by atoms with Crippen molar-refractivity contribution in [3.8, 4) is 6.07 Å². The summed E-state index contributed by atoms with van der Waals surface area (Å²) in [6.45, 7) is 3.15. The van der Waals surface area contributed by atoms with Crippen LogP contribution in [0.4, 0.5) is 0 Å². The maximum atomic E-state index is 12.3. The molecule has 0 bridgehead atoms. The Morgan fingerprint density at radius 2 is 2.08 bits per heavy atom. The highest BCUT2D eigenvalue weighted by Gasteiger charge is 2.64. The van der Waals surface area contributed by atoms with Crippen LogP contribution in [0.5, 0.6) is 0 Å². The highest BCUT2D eigenvalue weighted by molar-refractivity contribution is 8.01. The molecule has 2 saturated heterocycles. The van der Waals surface area contributed by atoms with Crippen molar-refractivity contribution >= 4 is 64.3 Å². The first kappa shape index (κ1) is 19.4. The molecule has 1 N–H and O–H groups in total. The van der Waals surface area contributed by atoms with Gasteiger partial charge in [-0.2, -0.15) is 5.26 Å². The molecule has 2 rings (SSSR count). The fourth-order valence-electron chi connectivity index (χ4n) is 2.65. The Hall–Kier alpha value is -0.880. The van der Waals surface area contributed by atoms with Crippen molar-refractivity contribution in [2.24, 2.45) is 0 Å². The van der Waals surface area contributed by atoms with Crippen molar-refractivity contribution in [2.75, 3.05) is 6.61 Å². The van der Waals surface area contributed by atoms with Crippen LogP contribution >= 0.6 is 46.6 Å². The van der Waals surface area contributed by atoms with Crippen LogP contribution in [0, 0.1) is 11.3 Å². The predicted octanol–water partition coefficient (Wildman–Crippen LogP) is 1.36. The molecule has 2 fully saturated rings. The molecule has 3 unspecified atom stereocenters. The van der Waals surface area contributed by atoms with E-state index in [0.29, 0.717) is 0 Å². The fourth-order valence-corrected chi connectivity index (χ4v) is 4.44. The van der Waals surface area contributed by atoms with Crippen LogP contribution in [-0.4, -0.2) is 55.3 Å². The van der Waals surface area contributed by atoms with E-state index in [9.17, 15) is 14.4 Å². The molecule has 0 aliphatic carbocycles. The first-order valence-electron chi connectivity index (χ1n) is 6.87. The number of esters is 1. The van der Waals surface area contributed by atoms with E-state index in [1.807, 2.05) is 0 Å². The van der Waals surface area contributed by atoms with Crippen molar-refractivity contribution in [1.82, 2.24) is 10.2 Å². The van der Waals surface area contributed by atoms with Gasteiger partial charge in [0, 0.05) is 4.75 Å². The number of nitriles is 1. The molecule has 2 heterocycles. The molecule has 0 saturated carbocycles. The first-order chi connectivity index (χ1) is 11.0. The maximum absolute atomic E-state index is 12.3. The highest BCUT2D eigenvalue weighted by Crippen LogP contribution is 2.51. The molecule has 11 heteroatoms. The molecule has 0 aromatic rings. The van der Waals surface area contributed by atoms with Gasteiger partial charge in [0.1, 0.15) is 30.5 Å². The van der Waals surface area contributed by atoms with Crippen LogP contribution in [0.2, 0.25) is 0 Å². The number of nitrogens with one attached hydrogen (secondary N) is 1. The second-order valence-corrected chi connectivity index (χ2v) is 10.1. The number of alkyl halides is 3. The maximum Gasteiger partial charge on any atom is 0.330 e. The summed E-state index contributed by atoms with van der Waals surface area (Å²) in [5.74, 6) is -1.60. The molecule has 0 radical (unpaired) electrons. The van der Waals surface area contributed by atoms with E-state index >= 15 is 0 Å². The largest absolute Gasteiger partial charge is 0.460 e. The van der Waals surface area contributed by atoms with Crippen LogP contribution < -0.4 is 5.32 Å². The quantitative estimate of drug-likeness (QED) is 0.423. The molecular weight excluding hydrogens is 401 g/mol. The topological polar surface area (TPSA) is 99.5 Å². The zero-order valence-electron chi connectivity index (χ0n) is 12.7. The van der Waals surface area contributed by atoms with Crippen LogP contribution in [-0.2, 0) is 19.1 Å². The third-order valence-electron chi connectivity index (χ3n) is 3.60. The van der Waals surface area contributed by atoms with Gasteiger partial charge in [-0.1, -0.05) is 34.8 Å². The average molecular weight is 415 g/mol. The van der Waals surface area contributed by atoms with Gasteiger partial charge in [-0.05, 0) is 13.8 Å². The van der Waals surface area contributed by atoms with Gasteiger partial charge in [0.05, 0.1) is 6.07 Å². The lowest BCUT2D eigenvalue weighted by Crippen LogP contribution is -2.70. The van der Waals surface area contributed by atoms with Crippen molar-refractivity contribution < 1.29 is 19.1 Å². The van der Waals surface area contributed by atoms with Gasteiger partial charge in [0.2, 0.25) is 15.6 Å². The summed E-state index contributed by atoms with van der Waals surface area (Å²) in [6, 6.07) is 0.101. The smallest absolute Gasteiger partial charge is 0.330 e. The number of fused-ring (bicyclic) bond motifs is 1. The molecule has 24 heavy (non-hydrogen) atoms. The molecule has 2 aliphatic rings. The summed E-state index contributed by atoms with van der Waals surface area (Å²) in [5.41, 5.74) is 0. The summed E-state index contributed by atoms with van der Waals surface area (Å²) in [4.78, 5) is 37.5. The van der Waals surface area contributed by atoms with Crippen molar-refractivity contribution in [1.29, 1.82) is 5.26 Å². The SMILES string of the molecule is CC1(C)SC2C(NC(=O)CC#N)C(=O)N2C1C(=O)OCC(Cl)(Cl)Cl. The minimum atomic E-state index is -1.74. The van der Waals surface area contributed by atoms with Gasteiger partial charge in [-0.15, -0.1) is 11.8 Å². The van der Waals surface area contributed by atoms with E-state index in [0.717, 1.165) is 0 Å². The highest BCUT2D eigenvalue weighted by atomic mass is 35.6. The minimum absolute atomic E-state index is 0.334. The third kappa shape index (κ3) is 3.85. The van der Waals surface area contributed by atoms with Crippen molar-refractivity contribution in [3.63, 3.8) is 0 Å². The van der Waals surface area contributed by atoms with E-state index < -0.39 is 50.4 Å². The number of hydrogen-bond donors (Lipinski definition) is 1. The second-order valence-electron chi connectivity index (χ2n) is 5.86. The Kier molecular flexibility index (Phi) is 5.50. The zero-order chi connectivity index (χ0) is 18.3. The summed E-state index contributed by atoms with van der Waals surface area (Å²) in [5, 5.41) is 10.6. The third-order valence-corrected chi connectivity index (χ3v) is 5.50. The van der Waals surface area contributed by atoms with E-state index in [1.54, 1.807) is 19.9 Å². The Balaban J connectivity index is 2.08. The van der Waals surface area contributed by atoms with E-state index in [4.69, 9.17) is 44.8 Å². The van der Waals surface area contributed by atoms with Crippen molar-refractivity contribution in [2.45, 2.75) is 46.3 Å². The summed E-state index contributed by atoms with van der Waals surface area (Å²) >= 11 is 18.1. The number of carbonyl (C=O) groups is 3. The summed E-state index contributed by atoms with van der Waals surface area (Å²) in [6.07, 6.45) is -0.334. The number of thioether (sulfide) groups is 1. The summed E-state index contributed by atoms with van der Waals surface area (Å²) < 4.78 is 2.63. The average Bonchev–Trinajstić information content (AvgIpc) is 2.70. The fraction of sp³-hybridized carbons (Fsp3) is 0.692. The number of hydrogen-bond acceptors (Lipinski definition) is 6. The Morgan fingerprint density at radius 1 is 1.46 bits per heavy atom. The van der Waals surface area contributed by atoms with E-state index in [1.165, 1.54) is 16.7 Å². The Bertz CT molecular complexity index is 617.